The zero-order valence-electron chi connectivity index (χ0n) is 13.0. The van der Waals surface area contributed by atoms with Gasteiger partial charge in [-0.3, -0.25) is 4.79 Å². The number of anilines is 1. The van der Waals surface area contributed by atoms with Crippen molar-refractivity contribution in [2.24, 2.45) is 0 Å². The number of carbonyl (C=O) groups is 1. The minimum absolute atomic E-state index is 0.0918. The van der Waals surface area contributed by atoms with Gasteiger partial charge in [0, 0.05) is 45.1 Å². The topological polar surface area (TPSA) is 61.4 Å². The first-order valence-corrected chi connectivity index (χ1v) is 7.82. The van der Waals surface area contributed by atoms with E-state index in [9.17, 15) is 4.79 Å². The van der Waals surface area contributed by atoms with Gasteiger partial charge in [-0.1, -0.05) is 20.3 Å². The summed E-state index contributed by atoms with van der Waals surface area (Å²) in [5.41, 5.74) is 0.530. The number of nitrogens with one attached hydrogen (secondary N) is 1. The molecule has 6 heteroatoms. The molecular formula is C15H25N5O. The number of hydrogen-bond acceptors (Lipinski definition) is 5. The molecule has 6 nitrogen and oxygen atoms in total. The van der Waals surface area contributed by atoms with Crippen LogP contribution in [-0.4, -0.2) is 60.0 Å². The molecule has 1 fully saturated rings. The Balaban J connectivity index is 1.88. The monoisotopic (exact) mass is 291 g/mol. The third kappa shape index (κ3) is 4.39. The molecule has 1 aliphatic rings. The van der Waals surface area contributed by atoms with Crippen molar-refractivity contribution in [3.8, 4) is 0 Å². The molecule has 0 unspecified atom stereocenters. The molecular weight excluding hydrogens is 266 g/mol. The summed E-state index contributed by atoms with van der Waals surface area (Å²) < 4.78 is 0. The van der Waals surface area contributed by atoms with Crippen molar-refractivity contribution in [3.63, 3.8) is 0 Å². The number of carbonyl (C=O) groups excluding carboxylic acids is 1. The smallest absolute Gasteiger partial charge is 0.254 e. The molecule has 0 radical (unpaired) electrons. The number of amides is 1. The third-order valence-electron chi connectivity index (χ3n) is 3.82. The normalized spacial score (nSPS) is 16.0. The molecule has 1 aromatic heterocycles. The van der Waals surface area contributed by atoms with E-state index >= 15 is 0 Å². The summed E-state index contributed by atoms with van der Waals surface area (Å²) in [6.45, 7) is 10.0. The number of hydrogen-bond donors (Lipinski definition) is 1. The van der Waals surface area contributed by atoms with Gasteiger partial charge in [-0.25, -0.2) is 9.97 Å². The van der Waals surface area contributed by atoms with Gasteiger partial charge in [0.05, 0.1) is 5.56 Å². The summed E-state index contributed by atoms with van der Waals surface area (Å²) in [5, 5.41) is 2.87. The molecule has 1 saturated heterocycles. The maximum atomic E-state index is 11.9. The largest absolute Gasteiger partial charge is 0.352 e. The van der Waals surface area contributed by atoms with Crippen LogP contribution in [0.4, 0.5) is 5.95 Å². The Morgan fingerprint density at radius 3 is 2.43 bits per heavy atom. The molecule has 0 spiro atoms. The van der Waals surface area contributed by atoms with E-state index in [-0.39, 0.29) is 5.91 Å². The Hall–Kier alpha value is -1.69. The van der Waals surface area contributed by atoms with E-state index in [2.05, 4.69) is 38.9 Å². The molecule has 0 saturated carbocycles. The van der Waals surface area contributed by atoms with Crippen molar-refractivity contribution in [1.82, 2.24) is 20.2 Å². The van der Waals surface area contributed by atoms with Gasteiger partial charge in [-0.15, -0.1) is 0 Å². The second kappa shape index (κ2) is 7.93. The maximum Gasteiger partial charge on any atom is 0.254 e. The average molecular weight is 291 g/mol. The maximum absolute atomic E-state index is 11.9. The van der Waals surface area contributed by atoms with Crippen molar-refractivity contribution in [2.45, 2.75) is 26.7 Å². The Labute approximate surface area is 126 Å². The van der Waals surface area contributed by atoms with Crippen LogP contribution in [0.15, 0.2) is 12.4 Å². The summed E-state index contributed by atoms with van der Waals surface area (Å²) in [6.07, 6.45) is 5.30. The molecule has 1 aromatic rings. The molecule has 0 bridgehead atoms. The van der Waals surface area contributed by atoms with Crippen LogP contribution < -0.4 is 10.2 Å². The van der Waals surface area contributed by atoms with Crippen LogP contribution in [-0.2, 0) is 0 Å². The molecule has 21 heavy (non-hydrogen) atoms. The second-order valence-electron chi connectivity index (χ2n) is 5.30. The van der Waals surface area contributed by atoms with Crippen molar-refractivity contribution in [2.75, 3.05) is 44.2 Å². The Kier molecular flexibility index (Phi) is 5.92. The third-order valence-corrected chi connectivity index (χ3v) is 3.82. The van der Waals surface area contributed by atoms with Gasteiger partial charge in [0.1, 0.15) is 0 Å². The Morgan fingerprint density at radius 1 is 1.19 bits per heavy atom. The molecule has 1 aliphatic heterocycles. The molecule has 0 atom stereocenters. The highest BCUT2D eigenvalue weighted by Crippen LogP contribution is 2.10. The zero-order chi connectivity index (χ0) is 15.1. The Bertz CT molecular complexity index is 440. The van der Waals surface area contributed by atoms with E-state index in [1.807, 2.05) is 0 Å². The molecule has 1 N–H and O–H groups in total. The second-order valence-corrected chi connectivity index (χ2v) is 5.30. The lowest BCUT2D eigenvalue weighted by molar-refractivity contribution is 0.0952. The molecule has 0 aromatic carbocycles. The summed E-state index contributed by atoms with van der Waals surface area (Å²) in [4.78, 5) is 25.1. The van der Waals surface area contributed by atoms with Gasteiger partial charge in [-0.05, 0) is 13.0 Å². The number of unbranched alkanes of at least 4 members (excludes halogenated alkanes) is 1. The molecule has 0 aliphatic carbocycles. The van der Waals surface area contributed by atoms with Gasteiger partial charge in [0.2, 0.25) is 5.95 Å². The van der Waals surface area contributed by atoms with E-state index in [1.165, 1.54) is 0 Å². The van der Waals surface area contributed by atoms with Gasteiger partial charge >= 0.3 is 0 Å². The van der Waals surface area contributed by atoms with Gasteiger partial charge < -0.3 is 15.1 Å². The first-order valence-electron chi connectivity index (χ1n) is 7.82. The molecule has 116 valence electrons. The number of nitrogens with zero attached hydrogens (tertiary/aromatic N) is 4. The summed E-state index contributed by atoms with van der Waals surface area (Å²) in [5.74, 6) is 0.627. The van der Waals surface area contributed by atoms with Crippen LogP contribution >= 0.6 is 0 Å². The van der Waals surface area contributed by atoms with E-state index in [1.54, 1.807) is 12.4 Å². The summed E-state index contributed by atoms with van der Waals surface area (Å²) in [6, 6.07) is 0. The predicted octanol–water partition coefficient (Wildman–Crippen LogP) is 1.15. The summed E-state index contributed by atoms with van der Waals surface area (Å²) >= 11 is 0. The van der Waals surface area contributed by atoms with Crippen LogP contribution in [0, 0.1) is 0 Å². The molecule has 1 amide bonds. The Morgan fingerprint density at radius 2 is 1.86 bits per heavy atom. The SMILES string of the molecule is CCCCNC(=O)c1cnc(N2CCN(CC)CC2)nc1. The van der Waals surface area contributed by atoms with E-state index < -0.39 is 0 Å². The van der Waals surface area contributed by atoms with Crippen LogP contribution in [0.5, 0.6) is 0 Å². The predicted molar refractivity (Wildman–Crippen MR) is 83.6 cm³/mol. The lowest BCUT2D eigenvalue weighted by atomic mass is 10.3. The van der Waals surface area contributed by atoms with Crippen molar-refractivity contribution in [3.05, 3.63) is 18.0 Å². The number of piperazine rings is 1. The fraction of sp³-hybridized carbons (Fsp3) is 0.667. The van der Waals surface area contributed by atoms with Crippen LogP contribution in [0.2, 0.25) is 0 Å². The number of rotatable bonds is 6. The van der Waals surface area contributed by atoms with Gasteiger partial charge in [0.25, 0.3) is 5.91 Å². The average Bonchev–Trinajstić information content (AvgIpc) is 2.55. The van der Waals surface area contributed by atoms with E-state index in [0.29, 0.717) is 12.1 Å². The standard InChI is InChI=1S/C15H25N5O/c1-3-5-6-16-14(21)13-11-17-15(18-12-13)20-9-7-19(4-2)8-10-20/h11-12H,3-10H2,1-2H3,(H,16,21). The van der Waals surface area contributed by atoms with E-state index in [4.69, 9.17) is 0 Å². The first-order chi connectivity index (χ1) is 10.2. The van der Waals surface area contributed by atoms with Gasteiger partial charge in [-0.2, -0.15) is 0 Å². The van der Waals surface area contributed by atoms with E-state index in [0.717, 1.165) is 51.5 Å². The lowest BCUT2D eigenvalue weighted by Crippen LogP contribution is -2.46. The minimum atomic E-state index is -0.0918. The van der Waals surface area contributed by atoms with Crippen molar-refractivity contribution >= 4 is 11.9 Å². The van der Waals surface area contributed by atoms with Crippen molar-refractivity contribution in [1.29, 1.82) is 0 Å². The summed E-state index contributed by atoms with van der Waals surface area (Å²) in [7, 11) is 0. The van der Waals surface area contributed by atoms with Gasteiger partial charge in [0.15, 0.2) is 0 Å². The van der Waals surface area contributed by atoms with Crippen LogP contribution in [0.1, 0.15) is 37.0 Å². The lowest BCUT2D eigenvalue weighted by Gasteiger charge is -2.33. The molecule has 2 rings (SSSR count). The van der Waals surface area contributed by atoms with Crippen LogP contribution in [0.3, 0.4) is 0 Å². The minimum Gasteiger partial charge on any atom is -0.352 e. The highest BCUT2D eigenvalue weighted by molar-refractivity contribution is 5.93. The fourth-order valence-electron chi connectivity index (χ4n) is 2.35. The number of aromatic nitrogens is 2. The highest BCUT2D eigenvalue weighted by Gasteiger charge is 2.18. The number of likely N-dealkylation sites (N-methyl/N-ethyl adjacent to an activating group) is 1. The van der Waals surface area contributed by atoms with Crippen LogP contribution in [0.25, 0.3) is 0 Å². The van der Waals surface area contributed by atoms with Crippen molar-refractivity contribution < 1.29 is 4.79 Å². The zero-order valence-corrected chi connectivity index (χ0v) is 13.0. The quantitative estimate of drug-likeness (QED) is 0.797. The highest BCUT2D eigenvalue weighted by atomic mass is 16.1. The molecule has 2 heterocycles. The fourth-order valence-corrected chi connectivity index (χ4v) is 2.35. The first kappa shape index (κ1) is 15.7.